The van der Waals surface area contributed by atoms with Gasteiger partial charge < -0.3 is 29.2 Å². The summed E-state index contributed by atoms with van der Waals surface area (Å²) in [5, 5.41) is 32.3. The Morgan fingerprint density at radius 1 is 0.750 bits per heavy atom. The number of thioether (sulfide) groups is 1. The number of H-pyrrole nitrogens is 1. The van der Waals surface area contributed by atoms with Crippen LogP contribution in [0.1, 0.15) is 88.2 Å². The molecule has 10 rings (SSSR count). The van der Waals surface area contributed by atoms with E-state index >= 15 is 0 Å². The Morgan fingerprint density at radius 2 is 1.32 bits per heavy atom. The van der Waals surface area contributed by atoms with Gasteiger partial charge in [0.25, 0.3) is 0 Å². The fraction of sp³-hybridized carbons (Fsp3) is 0.500. The third kappa shape index (κ3) is 12.0. The van der Waals surface area contributed by atoms with Crippen molar-refractivity contribution in [3.8, 4) is 63.1 Å². The predicted octanol–water partition coefficient (Wildman–Crippen LogP) is 10.1. The molecule has 72 heavy (non-hydrogen) atoms. The Kier molecular flexibility index (Phi) is 15.4. The number of carboxylic acid groups (broad SMARTS) is 2. The van der Waals surface area contributed by atoms with Crippen molar-refractivity contribution in [2.75, 3.05) is 19.8 Å². The number of aromatic nitrogens is 10. The van der Waals surface area contributed by atoms with Crippen LogP contribution in [0.4, 0.5) is 0 Å². The average Bonchev–Trinajstić information content (AvgIpc) is 3.94. The molecule has 0 aliphatic heterocycles. The number of aryl methyl sites for hydroxylation is 2. The first-order chi connectivity index (χ1) is 34.6. The lowest BCUT2D eigenvalue weighted by molar-refractivity contribution is -0.158. The smallest absolute Gasteiger partial charge is 0.336 e. The van der Waals surface area contributed by atoms with Gasteiger partial charge in [-0.2, -0.15) is 4.98 Å². The van der Waals surface area contributed by atoms with Crippen molar-refractivity contribution in [1.82, 2.24) is 49.9 Å². The highest BCUT2D eigenvalue weighted by Gasteiger charge is 2.46. The van der Waals surface area contributed by atoms with Crippen molar-refractivity contribution in [2.24, 2.45) is 10.8 Å². The molecule has 0 unspecified atom stereocenters. The van der Waals surface area contributed by atoms with Crippen molar-refractivity contribution < 1.29 is 38.7 Å². The van der Waals surface area contributed by atoms with Gasteiger partial charge in [-0.15, -0.1) is 10.2 Å². The van der Waals surface area contributed by atoms with Gasteiger partial charge in [-0.25, -0.2) is 19.6 Å². The van der Waals surface area contributed by atoms with Crippen LogP contribution in [0.15, 0.2) is 66.3 Å². The first-order valence-corrected chi connectivity index (χ1v) is 29.6. The van der Waals surface area contributed by atoms with E-state index < -0.39 is 30.8 Å². The number of ether oxygens (including phenoxy) is 4. The molecule has 4 fully saturated rings. The normalized spacial score (nSPS) is 17.0. The number of rotatable bonds is 21. The fourth-order valence-corrected chi connectivity index (χ4v) is 10.4. The molecule has 380 valence electrons. The van der Waals surface area contributed by atoms with E-state index in [2.05, 4.69) is 49.8 Å². The maximum Gasteiger partial charge on any atom is 0.336 e. The minimum atomic E-state index is -1.15. The maximum absolute atomic E-state index is 11.6. The van der Waals surface area contributed by atoms with E-state index in [1.54, 1.807) is 36.5 Å². The van der Waals surface area contributed by atoms with Gasteiger partial charge in [0, 0.05) is 79.1 Å². The highest BCUT2D eigenvalue weighted by Crippen LogP contribution is 2.43. The quantitative estimate of drug-likeness (QED) is 0.0449. The highest BCUT2D eigenvalue weighted by molar-refractivity contribution is 7.99. The van der Waals surface area contributed by atoms with Gasteiger partial charge in [0.1, 0.15) is 36.9 Å². The van der Waals surface area contributed by atoms with E-state index in [9.17, 15) is 19.8 Å². The molecule has 6 heterocycles. The Labute approximate surface area is 424 Å². The molecular weight excluding hydrogens is 953 g/mol. The number of hydrogen-bond acceptors (Lipinski definition) is 15. The average molecular weight is 1020 g/mol. The maximum atomic E-state index is 11.6. The molecule has 20 heteroatoms. The second-order valence-electron chi connectivity index (χ2n) is 20.9. The number of carbonyl (C=O) groups is 2. The molecule has 4 aliphatic carbocycles. The first-order valence-electron chi connectivity index (χ1n) is 25.0. The van der Waals surface area contributed by atoms with Crippen LogP contribution < -0.4 is 14.2 Å². The summed E-state index contributed by atoms with van der Waals surface area (Å²) in [7, 11) is -1.15. The number of aliphatic carboxylic acids is 2. The van der Waals surface area contributed by atoms with Crippen LogP contribution in [-0.2, 0) is 21.1 Å². The Morgan fingerprint density at radius 3 is 1.76 bits per heavy atom. The topological polar surface area (TPSA) is 235 Å². The van der Waals surface area contributed by atoms with Crippen molar-refractivity contribution >= 4 is 31.8 Å². The molecule has 0 atom stereocenters. The van der Waals surface area contributed by atoms with E-state index in [-0.39, 0.29) is 19.3 Å². The molecule has 6 aromatic rings. The van der Waals surface area contributed by atoms with Crippen LogP contribution in [0, 0.1) is 24.7 Å². The van der Waals surface area contributed by atoms with Gasteiger partial charge >= 0.3 is 17.9 Å². The van der Waals surface area contributed by atoms with Crippen molar-refractivity contribution in [3.05, 3.63) is 72.3 Å². The van der Waals surface area contributed by atoms with Gasteiger partial charge in [-0.05, 0) is 113 Å². The predicted molar refractivity (Wildman–Crippen MR) is 274 cm³/mol. The number of hydrogen-bond donors (Lipinski definition) is 3. The summed E-state index contributed by atoms with van der Waals surface area (Å²) < 4.78 is 25.1. The van der Waals surface area contributed by atoms with Gasteiger partial charge in [-0.3, -0.25) is 24.7 Å². The lowest BCUT2D eigenvalue weighted by Crippen LogP contribution is -2.43. The fourth-order valence-electron chi connectivity index (χ4n) is 8.46. The molecule has 3 N–H and O–H groups in total. The molecule has 6 aromatic heterocycles. The Bertz CT molecular complexity index is 2840. The van der Waals surface area contributed by atoms with Crippen molar-refractivity contribution in [3.63, 3.8) is 0 Å². The van der Waals surface area contributed by atoms with Gasteiger partial charge in [0.05, 0.1) is 11.4 Å². The van der Waals surface area contributed by atoms with E-state index in [1.807, 2.05) is 54.9 Å². The summed E-state index contributed by atoms with van der Waals surface area (Å²) in [6.45, 7) is 12.4. The van der Waals surface area contributed by atoms with Gasteiger partial charge in [0.2, 0.25) is 11.8 Å². The van der Waals surface area contributed by atoms with Crippen molar-refractivity contribution in [2.45, 2.75) is 140 Å². The van der Waals surface area contributed by atoms with Crippen LogP contribution >= 0.6 is 11.8 Å². The van der Waals surface area contributed by atoms with Gasteiger partial charge in [0.15, 0.2) is 16.8 Å². The second kappa shape index (κ2) is 21.8. The molecular formula is C52H64N10O8SSi. The number of pyridine rings is 4. The van der Waals surface area contributed by atoms with Crippen LogP contribution in [0.25, 0.3) is 45.3 Å². The lowest BCUT2D eigenvalue weighted by atomic mass is 9.69. The van der Waals surface area contributed by atoms with Crippen LogP contribution in [-0.4, -0.2) is 111 Å². The third-order valence-electron chi connectivity index (χ3n) is 14.3. The summed E-state index contributed by atoms with van der Waals surface area (Å²) >= 11 is 1.80. The highest BCUT2D eigenvalue weighted by atomic mass is 32.2. The number of carboxylic acids is 2. The summed E-state index contributed by atoms with van der Waals surface area (Å²) in [6.07, 6.45) is 18.7. The number of nitrogens with one attached hydrogen (secondary N) is 1. The number of nitrogens with zero attached hydrogens (tertiary/aromatic N) is 9. The molecule has 0 radical (unpaired) electrons. The Balaban J connectivity index is 0.000000182. The molecule has 0 spiro atoms. The molecule has 0 aromatic carbocycles. The Hall–Kier alpha value is -6.25. The zero-order valence-corrected chi connectivity index (χ0v) is 43.5. The SMILES string of the molecule is Cc1cc(OCC2(C(=O)O)CCC2)ncc1-c1ccc(-c2nc(OC3CCC3)n[nH]2)cn1.Cc1cc(OCC2(C(=O)O)CCC2)ncc1-c1ccc(-c2nc(SC3CCC3)n(COCC[Si](C)(C)C)n2)cn1. The lowest BCUT2D eigenvalue weighted by Gasteiger charge is -2.36. The summed E-state index contributed by atoms with van der Waals surface area (Å²) in [5.41, 5.74) is 5.37. The summed E-state index contributed by atoms with van der Waals surface area (Å²) in [5.74, 6) is 0.533. The van der Waals surface area contributed by atoms with Crippen molar-refractivity contribution in [1.29, 1.82) is 0 Å². The second-order valence-corrected chi connectivity index (χ2v) is 27.8. The van der Waals surface area contributed by atoms with E-state index in [1.165, 1.54) is 25.7 Å². The van der Waals surface area contributed by atoms with Crippen LogP contribution in [0.5, 0.6) is 17.8 Å². The number of aromatic amines is 1. The molecule has 0 amide bonds. The summed E-state index contributed by atoms with van der Waals surface area (Å²) in [6, 6.07) is 12.9. The molecule has 4 saturated carbocycles. The molecule has 0 saturated heterocycles. The molecule has 4 aliphatic rings. The molecule has 18 nitrogen and oxygen atoms in total. The van der Waals surface area contributed by atoms with Crippen LogP contribution in [0.3, 0.4) is 0 Å². The third-order valence-corrected chi connectivity index (χ3v) is 17.3. The largest absolute Gasteiger partial charge is 0.481 e. The standard InChI is InChI=1S/C29H39N5O4SSi.C23H25N5O4/c1-20-15-25(38-18-29(27(35)36)11-6-12-29)31-17-23(20)24-10-9-21(16-30-24)26-32-28(39-22-7-5-8-22)34(33-26)19-37-13-14-40(2,3)4;1-14-10-19(31-13-23(21(29)30)8-3-9-23)25-12-17(14)18-7-6-15(11-24-18)20-26-22(28-27-20)32-16-4-2-5-16/h9-10,15-17,22H,5-8,11-14,18-19H2,1-4H3,(H,35,36);6-7,10-12,16H,2-5,8-9,13H2,1H3,(H,29,30)(H,26,27,28). The summed E-state index contributed by atoms with van der Waals surface area (Å²) in [4.78, 5) is 50.4. The monoisotopic (exact) mass is 1020 g/mol. The van der Waals surface area contributed by atoms with E-state index in [4.69, 9.17) is 34.0 Å². The van der Waals surface area contributed by atoms with Gasteiger partial charge in [-0.1, -0.05) is 50.7 Å². The minimum Gasteiger partial charge on any atom is -0.481 e. The first kappa shape index (κ1) is 50.7. The zero-order chi connectivity index (χ0) is 50.5. The minimum absolute atomic E-state index is 0.144. The van der Waals surface area contributed by atoms with E-state index in [0.717, 1.165) is 88.3 Å². The van der Waals surface area contributed by atoms with Crippen LogP contribution in [0.2, 0.25) is 25.7 Å². The van der Waals surface area contributed by atoms with E-state index in [0.29, 0.717) is 67.1 Å². The zero-order valence-electron chi connectivity index (χ0n) is 41.7. The molecule has 0 bridgehead atoms.